The molecule has 10 heteroatoms. The topological polar surface area (TPSA) is 86.8 Å². The Bertz CT molecular complexity index is 1350. The molecule has 1 N–H and O–H groups in total. The molecule has 1 atom stereocenters. The summed E-state index contributed by atoms with van der Waals surface area (Å²) in [7, 11) is -4.19. The molecular formula is C29H33Cl2N3O4S. The van der Waals surface area contributed by atoms with E-state index in [-0.39, 0.29) is 23.0 Å². The molecule has 0 aliphatic rings. The quantitative estimate of drug-likeness (QED) is 0.251. The Morgan fingerprint density at radius 3 is 2.21 bits per heavy atom. The molecule has 0 radical (unpaired) electrons. The molecule has 3 aromatic rings. The minimum Gasteiger partial charge on any atom is -0.354 e. The van der Waals surface area contributed by atoms with Crippen molar-refractivity contribution >= 4 is 50.7 Å². The second-order valence-electron chi connectivity index (χ2n) is 9.02. The number of nitrogens with one attached hydrogen (secondary N) is 1. The third kappa shape index (κ3) is 8.21. The third-order valence-electron chi connectivity index (χ3n) is 6.19. The SMILES string of the molecule is CCCCNC(=O)[C@@H](CC)N(Cc1ccccc1)C(=O)CN(c1cccc(Cl)c1)S(=O)(=O)c1ccc(Cl)cc1. The van der Waals surface area contributed by atoms with Gasteiger partial charge in [-0.3, -0.25) is 13.9 Å². The second-order valence-corrected chi connectivity index (χ2v) is 11.8. The van der Waals surface area contributed by atoms with Crippen LogP contribution in [0, 0.1) is 0 Å². The van der Waals surface area contributed by atoms with Crippen molar-refractivity contribution < 1.29 is 18.0 Å². The molecule has 39 heavy (non-hydrogen) atoms. The molecular weight excluding hydrogens is 557 g/mol. The zero-order chi connectivity index (χ0) is 28.4. The molecule has 7 nitrogen and oxygen atoms in total. The van der Waals surface area contributed by atoms with E-state index in [9.17, 15) is 18.0 Å². The van der Waals surface area contributed by atoms with E-state index < -0.39 is 28.5 Å². The predicted octanol–water partition coefficient (Wildman–Crippen LogP) is 5.91. The highest BCUT2D eigenvalue weighted by Gasteiger charge is 2.33. The van der Waals surface area contributed by atoms with Crippen LogP contribution in [-0.4, -0.2) is 44.3 Å². The number of amides is 2. The van der Waals surface area contributed by atoms with Crippen molar-refractivity contribution in [3.05, 3.63) is 94.5 Å². The zero-order valence-corrected chi connectivity index (χ0v) is 24.3. The fourth-order valence-corrected chi connectivity index (χ4v) is 5.82. The van der Waals surface area contributed by atoms with Gasteiger partial charge in [-0.1, -0.05) is 79.9 Å². The lowest BCUT2D eigenvalue weighted by atomic mass is 10.1. The van der Waals surface area contributed by atoms with Gasteiger partial charge in [0.15, 0.2) is 0 Å². The standard InChI is InChI=1S/C29H33Cl2N3O4S/c1-3-5-18-32-29(36)27(4-2)33(20-22-10-7-6-8-11-22)28(35)21-34(25-13-9-12-24(31)19-25)39(37,38)26-16-14-23(30)15-17-26/h6-17,19,27H,3-5,18,20-21H2,1-2H3,(H,32,36)/t27-/m1/s1. The van der Waals surface area contributed by atoms with E-state index in [0.29, 0.717) is 23.0 Å². The van der Waals surface area contributed by atoms with Gasteiger partial charge in [-0.05, 0) is 60.9 Å². The van der Waals surface area contributed by atoms with Crippen molar-refractivity contribution in [2.75, 3.05) is 17.4 Å². The summed E-state index contributed by atoms with van der Waals surface area (Å²) in [6.07, 6.45) is 2.09. The van der Waals surface area contributed by atoms with Crippen LogP contribution < -0.4 is 9.62 Å². The Balaban J connectivity index is 2.02. The van der Waals surface area contributed by atoms with Gasteiger partial charge in [-0.25, -0.2) is 8.42 Å². The number of unbranched alkanes of at least 4 members (excludes halogenated alkanes) is 1. The molecule has 3 rings (SSSR count). The fraction of sp³-hybridized carbons (Fsp3) is 0.310. The Morgan fingerprint density at radius 2 is 1.59 bits per heavy atom. The number of hydrogen-bond acceptors (Lipinski definition) is 4. The summed E-state index contributed by atoms with van der Waals surface area (Å²) in [6.45, 7) is 3.97. The molecule has 0 aromatic heterocycles. The third-order valence-corrected chi connectivity index (χ3v) is 8.46. The van der Waals surface area contributed by atoms with Crippen LogP contribution in [0.5, 0.6) is 0 Å². The molecule has 0 spiro atoms. The van der Waals surface area contributed by atoms with Crippen LogP contribution in [0.2, 0.25) is 10.0 Å². The van der Waals surface area contributed by atoms with E-state index in [4.69, 9.17) is 23.2 Å². The molecule has 0 bridgehead atoms. The molecule has 0 saturated heterocycles. The highest BCUT2D eigenvalue weighted by atomic mass is 35.5. The molecule has 0 saturated carbocycles. The Kier molecular flexibility index (Phi) is 11.2. The molecule has 0 aliphatic carbocycles. The number of halogens is 2. The monoisotopic (exact) mass is 589 g/mol. The molecule has 0 unspecified atom stereocenters. The average molecular weight is 591 g/mol. The lowest BCUT2D eigenvalue weighted by Crippen LogP contribution is -2.52. The maximum absolute atomic E-state index is 14.0. The summed E-state index contributed by atoms with van der Waals surface area (Å²) in [5.74, 6) is -0.793. The van der Waals surface area contributed by atoms with Crippen molar-refractivity contribution in [3.63, 3.8) is 0 Å². The number of hydrogen-bond donors (Lipinski definition) is 1. The second kappa shape index (κ2) is 14.4. The van der Waals surface area contributed by atoms with E-state index in [1.807, 2.05) is 44.2 Å². The van der Waals surface area contributed by atoms with Crippen LogP contribution in [0.3, 0.4) is 0 Å². The average Bonchev–Trinajstić information content (AvgIpc) is 2.92. The van der Waals surface area contributed by atoms with E-state index >= 15 is 0 Å². The summed E-state index contributed by atoms with van der Waals surface area (Å²) < 4.78 is 28.6. The van der Waals surface area contributed by atoms with Crippen molar-refractivity contribution in [1.82, 2.24) is 10.2 Å². The van der Waals surface area contributed by atoms with Gasteiger partial charge in [0.2, 0.25) is 11.8 Å². The lowest BCUT2D eigenvalue weighted by Gasteiger charge is -2.33. The van der Waals surface area contributed by atoms with Crippen LogP contribution in [-0.2, 0) is 26.2 Å². The number of carbonyl (C=O) groups is 2. The Morgan fingerprint density at radius 1 is 0.897 bits per heavy atom. The lowest BCUT2D eigenvalue weighted by molar-refractivity contribution is -0.140. The van der Waals surface area contributed by atoms with Gasteiger partial charge in [0.25, 0.3) is 10.0 Å². The number of sulfonamides is 1. The summed E-state index contributed by atoms with van der Waals surface area (Å²) in [5, 5.41) is 3.62. The highest BCUT2D eigenvalue weighted by Crippen LogP contribution is 2.27. The van der Waals surface area contributed by atoms with E-state index in [1.54, 1.807) is 18.2 Å². The van der Waals surface area contributed by atoms with Crippen molar-refractivity contribution in [2.24, 2.45) is 0 Å². The van der Waals surface area contributed by atoms with Crippen LogP contribution in [0.25, 0.3) is 0 Å². The van der Waals surface area contributed by atoms with Crippen LogP contribution in [0.15, 0.2) is 83.8 Å². The maximum Gasteiger partial charge on any atom is 0.264 e. The molecule has 0 aliphatic heterocycles. The molecule has 3 aromatic carbocycles. The van der Waals surface area contributed by atoms with Gasteiger partial charge in [0.05, 0.1) is 10.6 Å². The number of benzene rings is 3. The number of rotatable bonds is 13. The first-order valence-corrected chi connectivity index (χ1v) is 15.0. The minimum atomic E-state index is -4.19. The number of anilines is 1. The smallest absolute Gasteiger partial charge is 0.264 e. The predicted molar refractivity (Wildman–Crippen MR) is 156 cm³/mol. The van der Waals surface area contributed by atoms with Crippen LogP contribution in [0.4, 0.5) is 5.69 Å². The molecule has 0 fully saturated rings. The maximum atomic E-state index is 14.0. The fourth-order valence-electron chi connectivity index (χ4n) is 4.10. The first-order chi connectivity index (χ1) is 18.7. The highest BCUT2D eigenvalue weighted by molar-refractivity contribution is 7.92. The van der Waals surface area contributed by atoms with Gasteiger partial charge in [-0.15, -0.1) is 0 Å². The first-order valence-electron chi connectivity index (χ1n) is 12.8. The van der Waals surface area contributed by atoms with E-state index in [0.717, 1.165) is 22.7 Å². The number of nitrogens with zero attached hydrogens (tertiary/aromatic N) is 2. The summed E-state index contributed by atoms with van der Waals surface area (Å²) in [6, 6.07) is 20.5. The zero-order valence-electron chi connectivity index (χ0n) is 22.0. The number of carbonyl (C=O) groups excluding carboxylic acids is 2. The van der Waals surface area contributed by atoms with Gasteiger partial charge in [-0.2, -0.15) is 0 Å². The van der Waals surface area contributed by atoms with Gasteiger partial charge in [0.1, 0.15) is 12.6 Å². The van der Waals surface area contributed by atoms with Gasteiger partial charge < -0.3 is 10.2 Å². The largest absolute Gasteiger partial charge is 0.354 e. The van der Waals surface area contributed by atoms with Gasteiger partial charge in [0, 0.05) is 23.1 Å². The van der Waals surface area contributed by atoms with Crippen molar-refractivity contribution in [2.45, 2.75) is 50.6 Å². The van der Waals surface area contributed by atoms with Crippen LogP contribution in [0.1, 0.15) is 38.7 Å². The molecule has 208 valence electrons. The molecule has 0 heterocycles. The first kappa shape index (κ1) is 30.5. The van der Waals surface area contributed by atoms with Crippen molar-refractivity contribution in [1.29, 1.82) is 0 Å². The van der Waals surface area contributed by atoms with E-state index in [2.05, 4.69) is 5.32 Å². The summed E-state index contributed by atoms with van der Waals surface area (Å²) >= 11 is 12.2. The summed E-state index contributed by atoms with van der Waals surface area (Å²) in [5.41, 5.74) is 1.05. The van der Waals surface area contributed by atoms with Gasteiger partial charge >= 0.3 is 0 Å². The minimum absolute atomic E-state index is 0.0290. The molecule has 2 amide bonds. The van der Waals surface area contributed by atoms with E-state index in [1.165, 1.54) is 35.2 Å². The normalized spacial score (nSPS) is 12.0. The Hall–Kier alpha value is -3.07. The summed E-state index contributed by atoms with van der Waals surface area (Å²) in [4.78, 5) is 28.6. The van der Waals surface area contributed by atoms with Crippen LogP contribution >= 0.6 is 23.2 Å². The van der Waals surface area contributed by atoms with Crippen molar-refractivity contribution in [3.8, 4) is 0 Å². The Labute approximate surface area is 240 Å².